The van der Waals surface area contributed by atoms with Crippen LogP contribution in [-0.2, 0) is 4.79 Å². The van der Waals surface area contributed by atoms with E-state index in [2.05, 4.69) is 31.0 Å². The number of carbonyl (C=O) groups excluding carboxylic acids is 1. The van der Waals surface area contributed by atoms with Gasteiger partial charge in [-0.05, 0) is 54.0 Å². The minimum atomic E-state index is 0.0763. The number of rotatable bonds is 2. The van der Waals surface area contributed by atoms with Crippen LogP contribution in [0, 0.1) is 0 Å². The maximum atomic E-state index is 12.0. The van der Waals surface area contributed by atoms with Crippen molar-refractivity contribution in [2.24, 2.45) is 0 Å². The Morgan fingerprint density at radius 3 is 2.47 bits per heavy atom. The summed E-state index contributed by atoms with van der Waals surface area (Å²) in [5, 5.41) is 3.01. The van der Waals surface area contributed by atoms with Crippen LogP contribution in [0.15, 0.2) is 0 Å². The van der Waals surface area contributed by atoms with Crippen LogP contribution >= 0.6 is 0 Å². The Morgan fingerprint density at radius 1 is 1.40 bits per heavy atom. The molecular formula is C12H24N2O. The minimum absolute atomic E-state index is 0.0763. The summed E-state index contributed by atoms with van der Waals surface area (Å²) < 4.78 is 0. The van der Waals surface area contributed by atoms with Gasteiger partial charge in [0.2, 0.25) is 5.91 Å². The molecule has 0 aliphatic carbocycles. The zero-order chi connectivity index (χ0) is 11.6. The first-order valence-electron chi connectivity index (χ1n) is 5.89. The van der Waals surface area contributed by atoms with Gasteiger partial charge in [-0.25, -0.2) is 0 Å². The van der Waals surface area contributed by atoms with Crippen LogP contribution in [0.25, 0.3) is 0 Å². The van der Waals surface area contributed by atoms with E-state index in [1.165, 1.54) is 0 Å². The van der Waals surface area contributed by atoms with Crippen molar-refractivity contribution in [1.82, 2.24) is 10.2 Å². The summed E-state index contributed by atoms with van der Waals surface area (Å²) in [7, 11) is 0. The highest BCUT2D eigenvalue weighted by Crippen LogP contribution is 2.26. The van der Waals surface area contributed by atoms with Crippen LogP contribution in [0.3, 0.4) is 0 Å². The monoisotopic (exact) mass is 212 g/mol. The number of nitrogens with zero attached hydrogens (tertiary/aromatic N) is 1. The Labute approximate surface area is 93.2 Å². The third-order valence-electron chi connectivity index (χ3n) is 2.85. The van der Waals surface area contributed by atoms with Crippen molar-refractivity contribution in [2.75, 3.05) is 6.54 Å². The predicted octanol–water partition coefficient (Wildman–Crippen LogP) is 1.77. The number of nitrogens with one attached hydrogen (secondary N) is 1. The van der Waals surface area contributed by atoms with Crippen molar-refractivity contribution in [3.05, 3.63) is 0 Å². The van der Waals surface area contributed by atoms with Gasteiger partial charge in [-0.2, -0.15) is 0 Å². The first-order valence-corrected chi connectivity index (χ1v) is 5.89. The van der Waals surface area contributed by atoms with Gasteiger partial charge >= 0.3 is 0 Å². The second kappa shape index (κ2) is 4.52. The molecule has 0 aromatic heterocycles. The fourth-order valence-electron chi connectivity index (χ4n) is 2.22. The van der Waals surface area contributed by atoms with Crippen LogP contribution < -0.4 is 5.32 Å². The highest BCUT2D eigenvalue weighted by Gasteiger charge is 2.37. The Balaban J connectivity index is 2.64. The molecule has 1 aliphatic rings. The van der Waals surface area contributed by atoms with Gasteiger partial charge in [-0.1, -0.05) is 0 Å². The molecule has 15 heavy (non-hydrogen) atoms. The van der Waals surface area contributed by atoms with Gasteiger partial charge in [0.15, 0.2) is 0 Å². The first-order chi connectivity index (χ1) is 6.82. The molecule has 0 aromatic rings. The van der Waals surface area contributed by atoms with Crippen molar-refractivity contribution in [3.8, 4) is 0 Å². The lowest BCUT2D eigenvalue weighted by Gasteiger charge is -2.36. The van der Waals surface area contributed by atoms with Gasteiger partial charge in [-0.3, -0.25) is 9.69 Å². The largest absolute Gasteiger partial charge is 0.353 e. The second-order valence-corrected chi connectivity index (χ2v) is 5.69. The summed E-state index contributed by atoms with van der Waals surface area (Å²) in [4.78, 5) is 14.3. The SMILES string of the molecule is CC(C)NC(=O)[C@@H]1CCCN1C(C)(C)C. The molecular weight excluding hydrogens is 188 g/mol. The third-order valence-corrected chi connectivity index (χ3v) is 2.85. The van der Waals surface area contributed by atoms with Crippen LogP contribution in [0.4, 0.5) is 0 Å². The van der Waals surface area contributed by atoms with Gasteiger partial charge in [-0.15, -0.1) is 0 Å². The van der Waals surface area contributed by atoms with Crippen molar-refractivity contribution in [3.63, 3.8) is 0 Å². The maximum Gasteiger partial charge on any atom is 0.237 e. The van der Waals surface area contributed by atoms with E-state index in [9.17, 15) is 4.79 Å². The summed E-state index contributed by atoms with van der Waals surface area (Å²) in [5.74, 6) is 0.192. The van der Waals surface area contributed by atoms with E-state index in [0.717, 1.165) is 19.4 Å². The van der Waals surface area contributed by atoms with Gasteiger partial charge in [0.1, 0.15) is 0 Å². The lowest BCUT2D eigenvalue weighted by molar-refractivity contribution is -0.127. The average molecular weight is 212 g/mol. The molecule has 0 aromatic carbocycles. The molecule has 1 amide bonds. The van der Waals surface area contributed by atoms with Gasteiger partial charge in [0.25, 0.3) is 0 Å². The zero-order valence-electron chi connectivity index (χ0n) is 10.6. The molecule has 1 saturated heterocycles. The summed E-state index contributed by atoms with van der Waals surface area (Å²) in [6, 6.07) is 0.312. The highest BCUT2D eigenvalue weighted by atomic mass is 16.2. The molecule has 0 spiro atoms. The summed E-state index contributed by atoms with van der Waals surface area (Å²) in [5.41, 5.74) is 0.0927. The first kappa shape index (κ1) is 12.5. The Kier molecular flexibility index (Phi) is 3.77. The van der Waals surface area contributed by atoms with Crippen molar-refractivity contribution in [2.45, 2.75) is 65.1 Å². The summed E-state index contributed by atoms with van der Waals surface area (Å²) in [6.45, 7) is 11.6. The second-order valence-electron chi connectivity index (χ2n) is 5.69. The minimum Gasteiger partial charge on any atom is -0.353 e. The number of carbonyl (C=O) groups is 1. The fourth-order valence-corrected chi connectivity index (χ4v) is 2.22. The maximum absolute atomic E-state index is 12.0. The molecule has 3 heteroatoms. The molecule has 0 bridgehead atoms. The highest BCUT2D eigenvalue weighted by molar-refractivity contribution is 5.82. The molecule has 1 aliphatic heterocycles. The molecule has 1 heterocycles. The van der Waals surface area contributed by atoms with Crippen molar-refractivity contribution < 1.29 is 4.79 Å². The van der Waals surface area contributed by atoms with Crippen molar-refractivity contribution >= 4 is 5.91 Å². The fraction of sp³-hybridized carbons (Fsp3) is 0.917. The van der Waals surface area contributed by atoms with E-state index in [4.69, 9.17) is 0 Å². The third kappa shape index (κ3) is 3.20. The summed E-state index contributed by atoms with van der Waals surface area (Å²) in [6.07, 6.45) is 2.13. The van der Waals surface area contributed by atoms with E-state index in [1.807, 2.05) is 13.8 Å². The lowest BCUT2D eigenvalue weighted by Crippen LogP contribution is -2.52. The molecule has 1 atom stereocenters. The van der Waals surface area contributed by atoms with E-state index in [0.29, 0.717) is 0 Å². The average Bonchev–Trinajstić information content (AvgIpc) is 2.48. The molecule has 1 fully saturated rings. The molecule has 3 nitrogen and oxygen atoms in total. The molecule has 88 valence electrons. The predicted molar refractivity (Wildman–Crippen MR) is 62.8 cm³/mol. The van der Waals surface area contributed by atoms with Crippen LogP contribution in [0.1, 0.15) is 47.5 Å². The molecule has 1 N–H and O–H groups in total. The number of likely N-dealkylation sites (tertiary alicyclic amines) is 1. The lowest BCUT2D eigenvalue weighted by atomic mass is 10.0. The number of hydrogen-bond acceptors (Lipinski definition) is 2. The number of hydrogen-bond donors (Lipinski definition) is 1. The molecule has 0 saturated carbocycles. The Bertz CT molecular complexity index is 230. The summed E-state index contributed by atoms with van der Waals surface area (Å²) >= 11 is 0. The van der Waals surface area contributed by atoms with E-state index in [1.54, 1.807) is 0 Å². The topological polar surface area (TPSA) is 32.3 Å². The standard InChI is InChI=1S/C12H24N2O/c1-9(2)13-11(15)10-7-6-8-14(10)12(3,4)5/h9-10H,6-8H2,1-5H3,(H,13,15)/t10-/m0/s1. The van der Waals surface area contributed by atoms with E-state index >= 15 is 0 Å². The van der Waals surface area contributed by atoms with E-state index < -0.39 is 0 Å². The smallest absolute Gasteiger partial charge is 0.237 e. The molecule has 1 rings (SSSR count). The normalized spacial score (nSPS) is 23.5. The molecule has 0 unspecified atom stereocenters. The zero-order valence-corrected chi connectivity index (χ0v) is 10.6. The van der Waals surface area contributed by atoms with Gasteiger partial charge in [0.05, 0.1) is 6.04 Å². The van der Waals surface area contributed by atoms with Gasteiger partial charge < -0.3 is 5.32 Å². The number of amides is 1. The Hall–Kier alpha value is -0.570. The van der Waals surface area contributed by atoms with E-state index in [-0.39, 0.29) is 23.5 Å². The van der Waals surface area contributed by atoms with Crippen LogP contribution in [-0.4, -0.2) is 35.0 Å². The molecule has 0 radical (unpaired) electrons. The van der Waals surface area contributed by atoms with Crippen LogP contribution in [0.2, 0.25) is 0 Å². The van der Waals surface area contributed by atoms with Gasteiger partial charge in [0, 0.05) is 11.6 Å². The van der Waals surface area contributed by atoms with Crippen LogP contribution in [0.5, 0.6) is 0 Å². The Morgan fingerprint density at radius 2 is 2.00 bits per heavy atom. The van der Waals surface area contributed by atoms with Crippen molar-refractivity contribution in [1.29, 1.82) is 0 Å². The quantitative estimate of drug-likeness (QED) is 0.756.